The van der Waals surface area contributed by atoms with Crippen LogP contribution in [0.3, 0.4) is 0 Å². The minimum atomic E-state index is -0.484. The van der Waals surface area contributed by atoms with Crippen molar-refractivity contribution in [2.75, 3.05) is 4.90 Å². The van der Waals surface area contributed by atoms with Crippen molar-refractivity contribution < 1.29 is 24.8 Å². The molecule has 0 bridgehead atoms. The number of para-hydroxylation sites is 2. The van der Waals surface area contributed by atoms with Gasteiger partial charge in [-0.15, -0.1) is 0 Å². The number of rotatable bonds is 4. The van der Waals surface area contributed by atoms with Gasteiger partial charge in [0.25, 0.3) is 0 Å². The topological polar surface area (TPSA) is 32.7 Å². The predicted molar refractivity (Wildman–Crippen MR) is 102 cm³/mol. The van der Waals surface area contributed by atoms with Gasteiger partial charge in [-0.25, -0.2) is 0 Å². The normalized spacial score (nSPS) is 14.5. The molecule has 27 heavy (non-hydrogen) atoms. The van der Waals surface area contributed by atoms with E-state index in [0.29, 0.717) is 17.8 Å². The van der Waals surface area contributed by atoms with Gasteiger partial charge in [-0.2, -0.15) is 0 Å². The van der Waals surface area contributed by atoms with Crippen molar-refractivity contribution >= 4 is 27.7 Å². The second-order valence-corrected chi connectivity index (χ2v) is 6.59. The number of anilines is 2. The molecule has 3 nitrogen and oxygen atoms in total. The molecule has 0 fully saturated rings. The van der Waals surface area contributed by atoms with Crippen molar-refractivity contribution in [1.82, 2.24) is 0 Å². The van der Waals surface area contributed by atoms with Crippen LogP contribution in [0.25, 0.3) is 0 Å². The fourth-order valence-electron chi connectivity index (χ4n) is 3.14. The Morgan fingerprint density at radius 1 is 0.963 bits per heavy atom. The zero-order valence-electron chi connectivity index (χ0n) is 14.2. The van der Waals surface area contributed by atoms with Crippen LogP contribution in [0.15, 0.2) is 83.9 Å². The monoisotopic (exact) mass is 398 g/mol. The van der Waals surface area contributed by atoms with Crippen LogP contribution in [0.2, 0.25) is 0 Å². The zero-order chi connectivity index (χ0) is 18.8. The van der Waals surface area contributed by atoms with Crippen molar-refractivity contribution in [2.45, 2.75) is 6.54 Å². The summed E-state index contributed by atoms with van der Waals surface area (Å²) in [5.41, 5.74) is 4.09. The Labute approximate surface area is 164 Å². The third-order valence-corrected chi connectivity index (χ3v) is 4.70. The Balaban J connectivity index is 1.71. The van der Waals surface area contributed by atoms with Gasteiger partial charge in [0.1, 0.15) is 0 Å². The third kappa shape index (κ3) is 3.39. The molecule has 1 aliphatic heterocycles. The number of hydrogen-bond acceptors (Lipinski definition) is 2. The molecule has 0 spiro atoms. The molecule has 0 unspecified atom stereocenters. The Morgan fingerprint density at radius 2 is 1.70 bits per heavy atom. The maximum absolute atomic E-state index is 13.4. The average molecular weight is 398 g/mol. The number of hydrogen-bond donors (Lipinski definition) is 0. The van der Waals surface area contributed by atoms with Gasteiger partial charge in [0.05, 0.1) is 0 Å². The van der Waals surface area contributed by atoms with E-state index in [1.807, 2.05) is 60.7 Å². The Kier molecular flexibility index (Phi) is 4.80. The van der Waals surface area contributed by atoms with Crippen molar-refractivity contribution in [3.8, 4) is 0 Å². The van der Waals surface area contributed by atoms with E-state index in [-0.39, 0.29) is 5.91 Å². The summed E-state index contributed by atoms with van der Waals surface area (Å²) in [6.07, 6.45) is 0. The molecule has 134 valence electrons. The molecule has 5 heteroatoms. The first-order valence-corrected chi connectivity index (χ1v) is 9.00. The van der Waals surface area contributed by atoms with Crippen molar-refractivity contribution in [3.63, 3.8) is 0 Å². The summed E-state index contributed by atoms with van der Waals surface area (Å²) in [6, 6.07) is 24.1. The molecule has 3 aromatic carbocycles. The van der Waals surface area contributed by atoms with Gasteiger partial charge in [-0.1, -0.05) is 6.07 Å². The molecule has 0 aromatic heterocycles. The van der Waals surface area contributed by atoms with Crippen LogP contribution < -0.4 is 4.90 Å². The second-order valence-electron chi connectivity index (χ2n) is 6.11. The number of carbonyl (C=O) groups excluding carboxylic acids is 1. The summed E-state index contributed by atoms with van der Waals surface area (Å²) < 4.78 is 12.9. The van der Waals surface area contributed by atoms with E-state index < -0.39 is 4.67 Å². The van der Waals surface area contributed by atoms with Crippen LogP contribution in [0.5, 0.6) is 0 Å². The summed E-state index contributed by atoms with van der Waals surface area (Å²) in [4.78, 5) is 19.3. The molecule has 4 rings (SSSR count). The molecule has 1 heterocycles. The first-order chi connectivity index (χ1) is 13.1. The molecule has 0 atom stereocenters. The van der Waals surface area contributed by atoms with Crippen molar-refractivity contribution in [1.29, 1.82) is 0 Å². The van der Waals surface area contributed by atoms with E-state index in [9.17, 15) is 9.18 Å². The van der Waals surface area contributed by atoms with Crippen LogP contribution in [0, 0.1) is 0 Å². The average Bonchev–Trinajstić information content (AvgIpc) is 2.98. The third-order valence-electron chi connectivity index (χ3n) is 4.38. The molecule has 0 saturated heterocycles. The zero-order valence-corrected chi connectivity index (χ0v) is 15.4. The van der Waals surface area contributed by atoms with Crippen LogP contribution in [-0.4, -0.2) is 16.3 Å². The van der Waals surface area contributed by atoms with Crippen LogP contribution in [0.1, 0.15) is 16.7 Å². The van der Waals surface area contributed by atoms with Crippen LogP contribution >= 0.6 is 0 Å². The molecule has 0 aliphatic carbocycles. The quantitative estimate of drug-likeness (QED) is 0.602. The maximum atomic E-state index is 13.4. The van der Waals surface area contributed by atoms with Crippen molar-refractivity contribution in [3.05, 3.63) is 95.6 Å². The molecule has 1 amide bonds. The van der Waals surface area contributed by atoms with E-state index in [0.717, 1.165) is 22.5 Å². The molecular weight excluding hydrogens is 383 g/mol. The summed E-state index contributed by atoms with van der Waals surface area (Å²) in [5.74, 6) is -0.159. The molecule has 0 saturated carbocycles. The molecular formula is C22H15FFeN2O. The van der Waals surface area contributed by atoms with E-state index >= 15 is 0 Å². The second kappa shape index (κ2) is 7.39. The molecule has 3 aromatic rings. The SMILES string of the molecule is O=C1C(=NCc2cccc([C](F)=[Fe])c2)c2ccccc2N1c1ccccc1. The standard InChI is InChI=1S/C22H15FN2O.Fe/c23-14-16-7-6-8-17(13-16)15-24-21-19-11-4-5-12-20(19)25(22(21)26)18-9-2-1-3-10-18;/h1-13H,15H2;. The minimum absolute atomic E-state index is 0.159. The van der Waals surface area contributed by atoms with Gasteiger partial charge in [0.15, 0.2) is 0 Å². The van der Waals surface area contributed by atoms with E-state index in [2.05, 4.69) is 20.6 Å². The molecule has 1 aliphatic rings. The number of fused-ring (bicyclic) bond motifs is 1. The fourth-order valence-corrected chi connectivity index (χ4v) is 3.31. The summed E-state index contributed by atoms with van der Waals surface area (Å²) in [6.45, 7) is 0.291. The van der Waals surface area contributed by atoms with Gasteiger partial charge >= 0.3 is 158 Å². The van der Waals surface area contributed by atoms with Crippen molar-refractivity contribution in [2.24, 2.45) is 4.99 Å². The Morgan fingerprint density at radius 3 is 2.48 bits per heavy atom. The fraction of sp³-hybridized carbons (Fsp3) is 0.0455. The first-order valence-electron chi connectivity index (χ1n) is 8.44. The van der Waals surface area contributed by atoms with E-state index in [4.69, 9.17) is 0 Å². The van der Waals surface area contributed by atoms with Gasteiger partial charge in [0.2, 0.25) is 0 Å². The van der Waals surface area contributed by atoms with E-state index in [1.54, 1.807) is 23.1 Å². The van der Waals surface area contributed by atoms with Gasteiger partial charge < -0.3 is 0 Å². The Bertz CT molecular complexity index is 1060. The van der Waals surface area contributed by atoms with Crippen LogP contribution in [0.4, 0.5) is 15.8 Å². The molecule has 0 N–H and O–H groups in total. The Hall–Kier alpha value is -2.88. The number of nitrogens with zero attached hydrogens (tertiary/aromatic N) is 2. The summed E-state index contributed by atoms with van der Waals surface area (Å²) in [7, 11) is 0. The van der Waals surface area contributed by atoms with Gasteiger partial charge in [0, 0.05) is 0 Å². The number of aliphatic imine (C=N–C) groups is 1. The predicted octanol–water partition coefficient (Wildman–Crippen LogP) is 4.35. The number of halogens is 1. The van der Waals surface area contributed by atoms with Gasteiger partial charge in [-0.3, -0.25) is 0 Å². The summed E-state index contributed by atoms with van der Waals surface area (Å²) >= 11 is 3.33. The number of benzene rings is 3. The van der Waals surface area contributed by atoms with Gasteiger partial charge in [-0.05, 0) is 0 Å². The molecule has 0 radical (unpaired) electrons. The van der Waals surface area contributed by atoms with E-state index in [1.165, 1.54) is 0 Å². The number of amides is 1. The first kappa shape index (κ1) is 17.5. The summed E-state index contributed by atoms with van der Waals surface area (Å²) in [5, 5.41) is 0. The van der Waals surface area contributed by atoms with Crippen LogP contribution in [-0.2, 0) is 26.9 Å². The number of carbonyl (C=O) groups is 1.